The molecule has 0 atom stereocenters. The lowest BCUT2D eigenvalue weighted by atomic mass is 10.1. The zero-order chi connectivity index (χ0) is 22.1. The molecule has 0 aliphatic carbocycles. The van der Waals surface area contributed by atoms with Gasteiger partial charge in [0.25, 0.3) is 5.56 Å². The number of nitrogens with one attached hydrogen (secondary N) is 1. The highest BCUT2D eigenvalue weighted by atomic mass is 32.2. The molecular weight excluding hydrogens is 426 g/mol. The van der Waals surface area contributed by atoms with Gasteiger partial charge in [-0.1, -0.05) is 35.5 Å². The van der Waals surface area contributed by atoms with E-state index in [1.165, 1.54) is 23.1 Å². The van der Waals surface area contributed by atoms with E-state index >= 15 is 0 Å². The summed E-state index contributed by atoms with van der Waals surface area (Å²) in [7, 11) is 0. The van der Waals surface area contributed by atoms with E-state index in [4.69, 9.17) is 4.98 Å². The minimum absolute atomic E-state index is 0.109. The Kier molecular flexibility index (Phi) is 5.98. The molecule has 0 radical (unpaired) electrons. The number of thioether (sulfide) groups is 1. The zero-order valence-corrected chi connectivity index (χ0v) is 19.5. The molecule has 158 valence electrons. The molecule has 0 bridgehead atoms. The van der Waals surface area contributed by atoms with Crippen molar-refractivity contribution in [2.75, 3.05) is 11.1 Å². The molecule has 0 spiro atoms. The molecule has 0 saturated heterocycles. The number of hydrogen-bond donors (Lipinski definition) is 1. The van der Waals surface area contributed by atoms with Gasteiger partial charge in [0.15, 0.2) is 5.16 Å². The van der Waals surface area contributed by atoms with Gasteiger partial charge in [-0.15, -0.1) is 11.3 Å². The Hall–Kier alpha value is -2.90. The first-order valence-electron chi connectivity index (χ1n) is 9.90. The number of carbonyl (C=O) groups is 1. The van der Waals surface area contributed by atoms with Crippen LogP contribution in [0.5, 0.6) is 0 Å². The quantitative estimate of drug-likeness (QED) is 0.327. The fourth-order valence-corrected chi connectivity index (χ4v) is 5.14. The second-order valence-corrected chi connectivity index (χ2v) is 9.53. The minimum atomic E-state index is -0.136. The number of amides is 1. The Morgan fingerprint density at radius 3 is 2.48 bits per heavy atom. The van der Waals surface area contributed by atoms with Crippen LogP contribution in [0.4, 0.5) is 5.69 Å². The van der Waals surface area contributed by atoms with Gasteiger partial charge in [0, 0.05) is 5.69 Å². The predicted molar refractivity (Wildman–Crippen MR) is 130 cm³/mol. The first kappa shape index (κ1) is 21.3. The Balaban J connectivity index is 1.66. The summed E-state index contributed by atoms with van der Waals surface area (Å²) >= 11 is 2.65. The summed E-state index contributed by atoms with van der Waals surface area (Å²) in [5.41, 5.74) is 6.41. The molecule has 31 heavy (non-hydrogen) atoms. The fourth-order valence-electron chi connectivity index (χ4n) is 3.57. The average molecular weight is 450 g/mol. The molecule has 4 aromatic rings. The molecule has 0 saturated carbocycles. The van der Waals surface area contributed by atoms with Crippen LogP contribution in [0.1, 0.15) is 22.3 Å². The molecule has 0 fully saturated rings. The molecule has 0 aliphatic rings. The maximum atomic E-state index is 13.3. The average Bonchev–Trinajstić information content (AvgIpc) is 3.17. The van der Waals surface area contributed by atoms with E-state index in [1.54, 1.807) is 4.57 Å². The molecule has 1 amide bonds. The van der Waals surface area contributed by atoms with Crippen molar-refractivity contribution in [3.8, 4) is 5.69 Å². The Morgan fingerprint density at radius 2 is 1.77 bits per heavy atom. The summed E-state index contributed by atoms with van der Waals surface area (Å²) in [5, 5.41) is 5.34. The van der Waals surface area contributed by atoms with Crippen molar-refractivity contribution in [1.82, 2.24) is 9.55 Å². The lowest BCUT2D eigenvalue weighted by molar-refractivity contribution is -0.113. The van der Waals surface area contributed by atoms with Gasteiger partial charge in [0.1, 0.15) is 4.70 Å². The number of carbonyl (C=O) groups excluding carboxylic acids is 1. The van der Waals surface area contributed by atoms with Gasteiger partial charge >= 0.3 is 0 Å². The van der Waals surface area contributed by atoms with Crippen molar-refractivity contribution in [1.29, 1.82) is 0 Å². The van der Waals surface area contributed by atoms with Crippen molar-refractivity contribution in [3.63, 3.8) is 0 Å². The lowest BCUT2D eigenvalue weighted by Gasteiger charge is -2.14. The van der Waals surface area contributed by atoms with Crippen molar-refractivity contribution < 1.29 is 4.79 Å². The van der Waals surface area contributed by atoms with Crippen molar-refractivity contribution in [2.24, 2.45) is 0 Å². The van der Waals surface area contributed by atoms with Gasteiger partial charge in [-0.25, -0.2) is 4.98 Å². The van der Waals surface area contributed by atoms with Crippen molar-refractivity contribution >= 4 is 44.9 Å². The normalized spacial score (nSPS) is 11.1. The zero-order valence-electron chi connectivity index (χ0n) is 17.9. The molecule has 0 aliphatic heterocycles. The van der Waals surface area contributed by atoms with Gasteiger partial charge in [0.05, 0.1) is 17.0 Å². The topological polar surface area (TPSA) is 64.0 Å². The molecular formula is C24H23N3O2S2. The first-order chi connectivity index (χ1) is 14.8. The van der Waals surface area contributed by atoms with E-state index in [0.29, 0.717) is 15.4 Å². The third kappa shape index (κ3) is 4.57. The van der Waals surface area contributed by atoms with Crippen LogP contribution in [0.2, 0.25) is 0 Å². The van der Waals surface area contributed by atoms with Crippen LogP contribution in [0.15, 0.2) is 57.8 Å². The third-order valence-electron chi connectivity index (χ3n) is 4.90. The summed E-state index contributed by atoms with van der Waals surface area (Å²) in [4.78, 5) is 30.6. The molecule has 1 N–H and O–H groups in total. The SMILES string of the molecule is Cc1cc(C)cc(-n2c(SCC(=O)Nc3ccc(C)cc3C)nc3ccsc3c2=O)c1. The van der Waals surface area contributed by atoms with Gasteiger partial charge in [-0.3, -0.25) is 14.2 Å². The minimum Gasteiger partial charge on any atom is -0.325 e. The number of benzene rings is 2. The van der Waals surface area contributed by atoms with Crippen LogP contribution in [-0.2, 0) is 4.79 Å². The van der Waals surface area contributed by atoms with E-state index in [9.17, 15) is 9.59 Å². The monoisotopic (exact) mass is 449 g/mol. The van der Waals surface area contributed by atoms with Gasteiger partial charge < -0.3 is 5.32 Å². The maximum absolute atomic E-state index is 13.3. The Labute approximate surface area is 189 Å². The predicted octanol–water partition coefficient (Wildman–Crippen LogP) is 5.41. The lowest BCUT2D eigenvalue weighted by Crippen LogP contribution is -2.22. The van der Waals surface area contributed by atoms with Crippen LogP contribution in [-0.4, -0.2) is 21.2 Å². The second kappa shape index (κ2) is 8.69. The number of aryl methyl sites for hydroxylation is 4. The molecule has 2 aromatic heterocycles. The Morgan fingerprint density at radius 1 is 1.03 bits per heavy atom. The number of rotatable bonds is 5. The van der Waals surface area contributed by atoms with E-state index < -0.39 is 0 Å². The van der Waals surface area contributed by atoms with Crippen LogP contribution < -0.4 is 10.9 Å². The number of aromatic nitrogens is 2. The standard InChI is InChI=1S/C24H23N3O2S2/c1-14-5-6-19(17(4)10-14)25-21(28)13-31-24-26-20-7-8-30-22(20)23(29)27(24)18-11-15(2)9-16(3)12-18/h5-12H,13H2,1-4H3,(H,25,28). The highest BCUT2D eigenvalue weighted by molar-refractivity contribution is 7.99. The molecule has 0 unspecified atom stereocenters. The maximum Gasteiger partial charge on any atom is 0.276 e. The van der Waals surface area contributed by atoms with Crippen molar-refractivity contribution in [3.05, 3.63) is 80.5 Å². The summed E-state index contributed by atoms with van der Waals surface area (Å²) < 4.78 is 2.23. The number of fused-ring (bicyclic) bond motifs is 1. The van der Waals surface area contributed by atoms with E-state index in [2.05, 4.69) is 11.4 Å². The molecule has 7 heteroatoms. The van der Waals surface area contributed by atoms with E-state index in [-0.39, 0.29) is 17.2 Å². The number of anilines is 1. The molecule has 5 nitrogen and oxygen atoms in total. The van der Waals surface area contributed by atoms with Crippen LogP contribution in [0.25, 0.3) is 15.9 Å². The fraction of sp³-hybridized carbons (Fsp3) is 0.208. The first-order valence-corrected chi connectivity index (χ1v) is 11.8. The highest BCUT2D eigenvalue weighted by Crippen LogP contribution is 2.25. The number of thiophene rings is 1. The summed E-state index contributed by atoms with van der Waals surface area (Å²) in [6.07, 6.45) is 0. The summed E-state index contributed by atoms with van der Waals surface area (Å²) in [5.74, 6) is 0.0174. The summed E-state index contributed by atoms with van der Waals surface area (Å²) in [6.45, 7) is 8.00. The second-order valence-electron chi connectivity index (χ2n) is 7.67. The highest BCUT2D eigenvalue weighted by Gasteiger charge is 2.16. The van der Waals surface area contributed by atoms with E-state index in [0.717, 1.165) is 33.6 Å². The van der Waals surface area contributed by atoms with Crippen LogP contribution >= 0.6 is 23.1 Å². The van der Waals surface area contributed by atoms with Gasteiger partial charge in [0.2, 0.25) is 5.91 Å². The summed E-state index contributed by atoms with van der Waals surface area (Å²) in [6, 6.07) is 13.8. The third-order valence-corrected chi connectivity index (χ3v) is 6.73. The van der Waals surface area contributed by atoms with Crippen molar-refractivity contribution in [2.45, 2.75) is 32.9 Å². The molecule has 2 aromatic carbocycles. The number of nitrogens with zero attached hydrogens (tertiary/aromatic N) is 2. The number of hydrogen-bond acceptors (Lipinski definition) is 5. The van der Waals surface area contributed by atoms with Crippen LogP contribution in [0.3, 0.4) is 0 Å². The van der Waals surface area contributed by atoms with Gasteiger partial charge in [-0.05, 0) is 74.0 Å². The largest absolute Gasteiger partial charge is 0.325 e. The van der Waals surface area contributed by atoms with Crippen LogP contribution in [0, 0.1) is 27.7 Å². The molecule has 2 heterocycles. The molecule has 4 rings (SSSR count). The van der Waals surface area contributed by atoms with Gasteiger partial charge in [-0.2, -0.15) is 0 Å². The smallest absolute Gasteiger partial charge is 0.276 e. The van der Waals surface area contributed by atoms with E-state index in [1.807, 2.05) is 69.5 Å². The Bertz CT molecular complexity index is 1330.